The first-order valence-corrected chi connectivity index (χ1v) is 11.3. The van der Waals surface area contributed by atoms with Crippen molar-refractivity contribution in [2.75, 3.05) is 70.5 Å². The molecule has 1 aromatic heterocycles. The summed E-state index contributed by atoms with van der Waals surface area (Å²) in [6.45, 7) is 13.9. The fourth-order valence-electron chi connectivity index (χ4n) is 3.81. The number of rotatable bonds is 8. The molecule has 0 amide bonds. The fraction of sp³-hybridized carbons (Fsp3) is 0.727. The first-order valence-electron chi connectivity index (χ1n) is 11.3. The Kier molecular flexibility index (Phi) is 8.89. The second-order valence-corrected chi connectivity index (χ2v) is 8.59. The second kappa shape index (κ2) is 11.6. The number of ether oxygens (including phenoxy) is 2. The molecule has 3 N–H and O–H groups in total. The van der Waals surface area contributed by atoms with Gasteiger partial charge in [-0.15, -0.1) is 0 Å². The van der Waals surface area contributed by atoms with Crippen LogP contribution in [0.1, 0.15) is 26.3 Å². The quantitative estimate of drug-likeness (QED) is 0.401. The molecule has 1 aromatic rings. The van der Waals surface area contributed by atoms with Gasteiger partial charge >= 0.3 is 0 Å². The molecule has 2 saturated heterocycles. The molecular formula is C22H38N6O3. The molecule has 0 aliphatic carbocycles. The zero-order valence-electron chi connectivity index (χ0n) is 19.1. The summed E-state index contributed by atoms with van der Waals surface area (Å²) >= 11 is 0. The van der Waals surface area contributed by atoms with Crippen LogP contribution in [0.25, 0.3) is 0 Å². The maximum atomic E-state index is 10.8. The van der Waals surface area contributed by atoms with Crippen LogP contribution in [0, 0.1) is 0 Å². The molecule has 9 heteroatoms. The molecule has 0 radical (unpaired) electrons. The number of aromatic nitrogens is 1. The normalized spacial score (nSPS) is 22.8. The molecule has 2 unspecified atom stereocenters. The minimum atomic E-state index is -0.855. The molecule has 2 aliphatic rings. The number of pyridine rings is 1. The zero-order valence-corrected chi connectivity index (χ0v) is 19.1. The smallest absolute Gasteiger partial charge is 0.191 e. The highest BCUT2D eigenvalue weighted by molar-refractivity contribution is 5.79. The highest BCUT2D eigenvalue weighted by Crippen LogP contribution is 2.16. The summed E-state index contributed by atoms with van der Waals surface area (Å²) < 4.78 is 11.0. The van der Waals surface area contributed by atoms with Crippen molar-refractivity contribution in [3.05, 3.63) is 23.9 Å². The van der Waals surface area contributed by atoms with Gasteiger partial charge in [0.05, 0.1) is 38.1 Å². The van der Waals surface area contributed by atoms with E-state index in [9.17, 15) is 5.11 Å². The van der Waals surface area contributed by atoms with Gasteiger partial charge in [0.15, 0.2) is 5.96 Å². The Morgan fingerprint density at radius 1 is 1.26 bits per heavy atom. The Balaban J connectivity index is 1.51. The molecular weight excluding hydrogens is 396 g/mol. The van der Waals surface area contributed by atoms with Crippen molar-refractivity contribution in [1.82, 2.24) is 20.5 Å². The molecule has 174 valence electrons. The van der Waals surface area contributed by atoms with E-state index in [0.29, 0.717) is 25.6 Å². The van der Waals surface area contributed by atoms with Crippen molar-refractivity contribution in [2.45, 2.75) is 39.0 Å². The van der Waals surface area contributed by atoms with Gasteiger partial charge < -0.3 is 30.1 Å². The molecule has 3 heterocycles. The van der Waals surface area contributed by atoms with Crippen molar-refractivity contribution in [3.8, 4) is 0 Å². The number of β-amino-alcohol motifs (C(OH)–C–C–N with tert-alkyl or cyclic N) is 1. The van der Waals surface area contributed by atoms with Crippen LogP contribution in [-0.2, 0) is 16.0 Å². The van der Waals surface area contributed by atoms with Crippen LogP contribution in [0.4, 0.5) is 5.82 Å². The third kappa shape index (κ3) is 7.92. The van der Waals surface area contributed by atoms with Gasteiger partial charge in [0.2, 0.25) is 0 Å². The molecule has 2 atom stereocenters. The van der Waals surface area contributed by atoms with Gasteiger partial charge in [-0.2, -0.15) is 0 Å². The molecule has 2 aliphatic heterocycles. The minimum absolute atomic E-state index is 0.231. The second-order valence-electron chi connectivity index (χ2n) is 8.59. The van der Waals surface area contributed by atoms with Gasteiger partial charge in [0.25, 0.3) is 0 Å². The molecule has 0 spiro atoms. The van der Waals surface area contributed by atoms with E-state index < -0.39 is 5.60 Å². The van der Waals surface area contributed by atoms with Gasteiger partial charge in [0.1, 0.15) is 5.82 Å². The lowest BCUT2D eigenvalue weighted by Gasteiger charge is -2.34. The Bertz CT molecular complexity index is 691. The van der Waals surface area contributed by atoms with Gasteiger partial charge in [-0.25, -0.2) is 9.98 Å². The van der Waals surface area contributed by atoms with Crippen LogP contribution in [0.5, 0.6) is 0 Å². The first-order chi connectivity index (χ1) is 14.9. The molecule has 0 aromatic carbocycles. The van der Waals surface area contributed by atoms with E-state index in [1.54, 1.807) is 0 Å². The largest absolute Gasteiger partial charge is 0.387 e. The van der Waals surface area contributed by atoms with E-state index >= 15 is 0 Å². The summed E-state index contributed by atoms with van der Waals surface area (Å²) in [5.41, 5.74) is 0.189. The van der Waals surface area contributed by atoms with Crippen molar-refractivity contribution in [3.63, 3.8) is 0 Å². The number of nitrogens with zero attached hydrogens (tertiary/aromatic N) is 4. The third-order valence-corrected chi connectivity index (χ3v) is 5.44. The van der Waals surface area contributed by atoms with Crippen molar-refractivity contribution >= 4 is 11.8 Å². The van der Waals surface area contributed by atoms with Crippen LogP contribution in [0.3, 0.4) is 0 Å². The maximum Gasteiger partial charge on any atom is 0.191 e. The number of nitrogens with one attached hydrogen (secondary N) is 2. The zero-order chi connectivity index (χ0) is 22.1. The molecule has 2 fully saturated rings. The lowest BCUT2D eigenvalue weighted by molar-refractivity contribution is -0.0201. The average Bonchev–Trinajstić information content (AvgIpc) is 2.76. The Morgan fingerprint density at radius 2 is 2.06 bits per heavy atom. The summed E-state index contributed by atoms with van der Waals surface area (Å²) in [7, 11) is 0. The van der Waals surface area contributed by atoms with Crippen molar-refractivity contribution < 1.29 is 14.6 Å². The highest BCUT2D eigenvalue weighted by Gasteiger charge is 2.25. The van der Waals surface area contributed by atoms with Crippen LogP contribution < -0.4 is 15.5 Å². The summed E-state index contributed by atoms with van der Waals surface area (Å²) in [4.78, 5) is 13.8. The topological polar surface area (TPSA) is 94.5 Å². The minimum Gasteiger partial charge on any atom is -0.387 e. The molecule has 3 rings (SSSR count). The number of aliphatic hydroxyl groups is 1. The molecule has 0 bridgehead atoms. The summed E-state index contributed by atoms with van der Waals surface area (Å²) in [5.74, 6) is 1.67. The number of morpholine rings is 2. The number of anilines is 1. The van der Waals surface area contributed by atoms with E-state index in [1.807, 2.05) is 20.0 Å². The van der Waals surface area contributed by atoms with Gasteiger partial charge in [-0.3, -0.25) is 4.90 Å². The van der Waals surface area contributed by atoms with Gasteiger partial charge in [-0.05, 0) is 32.4 Å². The Labute approximate surface area is 185 Å². The SMILES string of the molecule is CCNC(=NCc1ccc(N2CCOC(C)C2)nc1)NCC(C)(O)CN1CCOCC1. The third-order valence-electron chi connectivity index (χ3n) is 5.44. The van der Waals surface area contributed by atoms with Crippen LogP contribution >= 0.6 is 0 Å². The monoisotopic (exact) mass is 434 g/mol. The number of hydrogen-bond acceptors (Lipinski definition) is 7. The summed E-state index contributed by atoms with van der Waals surface area (Å²) in [6.07, 6.45) is 2.12. The van der Waals surface area contributed by atoms with Crippen molar-refractivity contribution in [2.24, 2.45) is 4.99 Å². The van der Waals surface area contributed by atoms with Crippen molar-refractivity contribution in [1.29, 1.82) is 0 Å². The average molecular weight is 435 g/mol. The number of aliphatic imine (C=N–C) groups is 1. The Morgan fingerprint density at radius 3 is 2.74 bits per heavy atom. The first kappa shape index (κ1) is 23.7. The van der Waals surface area contributed by atoms with Gasteiger partial charge in [0, 0.05) is 52.0 Å². The highest BCUT2D eigenvalue weighted by atomic mass is 16.5. The molecule has 0 saturated carbocycles. The van der Waals surface area contributed by atoms with E-state index in [4.69, 9.17) is 9.47 Å². The summed E-state index contributed by atoms with van der Waals surface area (Å²) in [5, 5.41) is 17.3. The number of hydrogen-bond donors (Lipinski definition) is 3. The van der Waals surface area contributed by atoms with E-state index in [2.05, 4.69) is 49.5 Å². The predicted octanol–water partition coefficient (Wildman–Crippen LogP) is 0.445. The lowest BCUT2D eigenvalue weighted by atomic mass is 10.1. The van der Waals surface area contributed by atoms with Crippen LogP contribution in [0.15, 0.2) is 23.3 Å². The molecule has 9 nitrogen and oxygen atoms in total. The molecule has 31 heavy (non-hydrogen) atoms. The maximum absolute atomic E-state index is 10.8. The van der Waals surface area contributed by atoms with E-state index in [1.165, 1.54) is 0 Å². The fourth-order valence-corrected chi connectivity index (χ4v) is 3.81. The predicted molar refractivity (Wildman–Crippen MR) is 123 cm³/mol. The van der Waals surface area contributed by atoms with Gasteiger partial charge in [-0.1, -0.05) is 6.07 Å². The van der Waals surface area contributed by atoms with E-state index in [0.717, 1.165) is 63.9 Å². The van der Waals surface area contributed by atoms with Crippen LogP contribution in [-0.4, -0.2) is 98.3 Å². The van der Waals surface area contributed by atoms with E-state index in [-0.39, 0.29) is 6.10 Å². The lowest BCUT2D eigenvalue weighted by Crippen LogP contribution is -2.52. The number of guanidine groups is 1. The van der Waals surface area contributed by atoms with Crippen LogP contribution in [0.2, 0.25) is 0 Å². The summed E-state index contributed by atoms with van der Waals surface area (Å²) in [6, 6.07) is 4.13. The standard InChI is InChI=1S/C22H38N6O3/c1-4-23-21(26-16-22(3,29)17-27-7-10-30-11-8-27)25-14-19-5-6-20(24-13-19)28-9-12-31-18(2)15-28/h5-6,13,18,29H,4,7-12,14-17H2,1-3H3,(H2,23,25,26). The Hall–Kier alpha value is -1.94.